The number of halogens is 4. The molecule has 3 aliphatic rings. The summed E-state index contributed by atoms with van der Waals surface area (Å²) in [5, 5.41) is 25.9. The van der Waals surface area contributed by atoms with Crippen LogP contribution in [0, 0.1) is 35.2 Å². The van der Waals surface area contributed by atoms with Crippen LogP contribution in [0.2, 0.25) is 5.02 Å². The van der Waals surface area contributed by atoms with Crippen LogP contribution in [0.1, 0.15) is 43.0 Å². The molecule has 2 saturated carbocycles. The lowest BCUT2D eigenvalue weighted by Gasteiger charge is -2.43. The molecule has 2 aliphatic carbocycles. The first-order valence-corrected chi connectivity index (χ1v) is 16.5. The van der Waals surface area contributed by atoms with Gasteiger partial charge in [-0.2, -0.15) is 0 Å². The van der Waals surface area contributed by atoms with Crippen LogP contribution in [0.4, 0.5) is 23.7 Å². The van der Waals surface area contributed by atoms with Crippen molar-refractivity contribution in [1.82, 2.24) is 10.2 Å². The number of likely N-dealkylation sites (tertiary alicyclic amines) is 1. The maximum atomic E-state index is 13.9. The Bertz CT molecular complexity index is 1660. The van der Waals surface area contributed by atoms with Crippen LogP contribution in [0.15, 0.2) is 35.2 Å². The van der Waals surface area contributed by atoms with Crippen LogP contribution < -0.4 is 10.6 Å². The van der Waals surface area contributed by atoms with E-state index in [0.29, 0.717) is 18.6 Å². The highest BCUT2D eigenvalue weighted by Gasteiger charge is 2.59. The Morgan fingerprint density at radius 3 is 2.41 bits per heavy atom. The monoisotopic (exact) mass is 687 g/mol. The second kappa shape index (κ2) is 12.7. The maximum Gasteiger partial charge on any atom is 0.410 e. The van der Waals surface area contributed by atoms with Gasteiger partial charge in [-0.25, -0.2) is 26.4 Å². The number of hydrogen-bond acceptors (Lipinski definition) is 8. The average molecular weight is 688 g/mol. The number of aliphatic hydroxyl groups is 2. The number of amides is 3. The highest BCUT2D eigenvalue weighted by molar-refractivity contribution is 7.92. The standard InChI is InChI=1S/C30H33ClF3N3O8S/c1-14-7-16-9-18(12-19(14)30(16,42)13-35-28(40)26-23(38)5-6-37(26)29(41)45-2)46(43,44)24-8-15(3-4-20(24)31)27(39)36-17-10-21(32)25(34)22(33)11-17/h3-4,8,10-11,14,16,18-19,23,26,38,42H,5-7,9,12-13H2,1-2H3,(H,35,40)(H,36,39)/t14-,16?,18?,19?,23+,26-,30+/m0/s1. The number of hydrogen-bond donors (Lipinski definition) is 4. The van der Waals surface area contributed by atoms with Crippen molar-refractivity contribution in [3.8, 4) is 0 Å². The molecular weight excluding hydrogens is 655 g/mol. The van der Waals surface area contributed by atoms with Gasteiger partial charge in [0.15, 0.2) is 27.3 Å². The quantitative estimate of drug-likeness (QED) is 0.323. The summed E-state index contributed by atoms with van der Waals surface area (Å²) >= 11 is 6.29. The van der Waals surface area contributed by atoms with E-state index >= 15 is 0 Å². The van der Waals surface area contributed by atoms with Crippen molar-refractivity contribution in [2.24, 2.45) is 17.8 Å². The summed E-state index contributed by atoms with van der Waals surface area (Å²) in [4.78, 5) is 38.8. The zero-order chi connectivity index (χ0) is 33.7. The highest BCUT2D eigenvalue weighted by Crippen LogP contribution is 2.54. The van der Waals surface area contributed by atoms with Crippen molar-refractivity contribution in [1.29, 1.82) is 0 Å². The molecule has 3 fully saturated rings. The number of nitrogens with one attached hydrogen (secondary N) is 2. The lowest BCUT2D eigenvalue weighted by atomic mass is 9.73. The van der Waals surface area contributed by atoms with E-state index in [-0.39, 0.29) is 59.4 Å². The normalized spacial score (nSPS) is 29.0. The van der Waals surface area contributed by atoms with Gasteiger partial charge >= 0.3 is 6.09 Å². The number of ether oxygens (including phenoxy) is 1. The molecule has 1 heterocycles. The minimum atomic E-state index is -4.18. The number of sulfone groups is 1. The van der Waals surface area contributed by atoms with Crippen LogP contribution >= 0.6 is 11.6 Å². The van der Waals surface area contributed by atoms with Gasteiger partial charge in [0.2, 0.25) is 5.91 Å². The predicted octanol–water partition coefficient (Wildman–Crippen LogP) is 3.27. The zero-order valence-electron chi connectivity index (χ0n) is 24.8. The second-order valence-electron chi connectivity index (χ2n) is 12.2. The molecule has 0 spiro atoms. The van der Waals surface area contributed by atoms with Crippen molar-refractivity contribution < 1.29 is 50.9 Å². The Morgan fingerprint density at radius 2 is 1.78 bits per heavy atom. The van der Waals surface area contributed by atoms with Crippen LogP contribution in [-0.4, -0.2) is 84.6 Å². The molecule has 46 heavy (non-hydrogen) atoms. The highest BCUT2D eigenvalue weighted by atomic mass is 35.5. The van der Waals surface area contributed by atoms with Crippen LogP contribution in [0.3, 0.4) is 0 Å². The molecule has 250 valence electrons. The molecule has 0 aromatic heterocycles. The van der Waals surface area contributed by atoms with Gasteiger partial charge in [-0.1, -0.05) is 18.5 Å². The zero-order valence-corrected chi connectivity index (χ0v) is 26.4. The van der Waals surface area contributed by atoms with Gasteiger partial charge in [-0.3, -0.25) is 14.5 Å². The van der Waals surface area contributed by atoms with Gasteiger partial charge in [0.25, 0.3) is 5.91 Å². The maximum absolute atomic E-state index is 13.9. The summed E-state index contributed by atoms with van der Waals surface area (Å²) in [6.07, 6.45) is -1.19. The number of aliphatic hydroxyl groups excluding tert-OH is 1. The number of methoxy groups -OCH3 is 1. The molecular formula is C30H33ClF3N3O8S. The fourth-order valence-corrected chi connectivity index (χ4v) is 9.57. The fourth-order valence-electron chi connectivity index (χ4n) is 7.20. The van der Waals surface area contributed by atoms with E-state index in [4.69, 9.17) is 16.3 Å². The van der Waals surface area contributed by atoms with E-state index in [2.05, 4.69) is 10.6 Å². The SMILES string of the molecule is COC(=O)N1CC[C@@H](O)[C@H]1C(=O)NC[C@@]1(O)C2CC(S(=O)(=O)c3cc(C(=O)Nc4cc(F)c(F)c(F)c4)ccc3Cl)CC1[C@@H](C)C2. The summed E-state index contributed by atoms with van der Waals surface area (Å²) in [7, 11) is -3.02. The first kappa shape index (κ1) is 33.9. The topological polar surface area (TPSA) is 162 Å². The first-order valence-electron chi connectivity index (χ1n) is 14.6. The molecule has 7 atom stereocenters. The molecule has 16 heteroatoms. The Hall–Kier alpha value is -3.40. The summed E-state index contributed by atoms with van der Waals surface area (Å²) in [6, 6.07) is 3.44. The molecule has 2 bridgehead atoms. The average Bonchev–Trinajstić information content (AvgIpc) is 3.42. The van der Waals surface area contributed by atoms with E-state index in [9.17, 15) is 46.2 Å². The van der Waals surface area contributed by atoms with E-state index in [0.717, 1.165) is 18.1 Å². The molecule has 2 aromatic rings. The van der Waals surface area contributed by atoms with Crippen molar-refractivity contribution in [2.75, 3.05) is 25.5 Å². The predicted molar refractivity (Wildman–Crippen MR) is 158 cm³/mol. The molecule has 1 aliphatic heterocycles. The number of nitrogens with zero attached hydrogens (tertiary/aromatic N) is 1. The molecule has 3 amide bonds. The Kier molecular flexibility index (Phi) is 9.34. The fraction of sp³-hybridized carbons (Fsp3) is 0.500. The van der Waals surface area contributed by atoms with E-state index in [1.807, 2.05) is 6.92 Å². The van der Waals surface area contributed by atoms with Crippen molar-refractivity contribution in [3.63, 3.8) is 0 Å². The van der Waals surface area contributed by atoms with Crippen molar-refractivity contribution >= 4 is 45.0 Å². The Labute approximate surface area is 268 Å². The number of anilines is 1. The third-order valence-corrected chi connectivity index (χ3v) is 12.2. The lowest BCUT2D eigenvalue weighted by Crippen LogP contribution is -2.58. The van der Waals surface area contributed by atoms with Crippen LogP contribution in [-0.2, 0) is 19.4 Å². The molecule has 3 unspecified atom stereocenters. The summed E-state index contributed by atoms with van der Waals surface area (Å²) in [5.41, 5.74) is -2.04. The first-order chi connectivity index (χ1) is 21.6. The summed E-state index contributed by atoms with van der Waals surface area (Å²) in [6.45, 7) is 1.77. The van der Waals surface area contributed by atoms with E-state index in [1.54, 1.807) is 0 Å². The summed E-state index contributed by atoms with van der Waals surface area (Å²) in [5.74, 6) is -7.53. The van der Waals surface area contributed by atoms with Gasteiger partial charge in [-0.15, -0.1) is 0 Å². The van der Waals surface area contributed by atoms with E-state index < -0.39 is 80.0 Å². The molecule has 11 nitrogen and oxygen atoms in total. The molecule has 2 aromatic carbocycles. The lowest BCUT2D eigenvalue weighted by molar-refractivity contribution is -0.130. The Balaban J connectivity index is 1.32. The smallest absolute Gasteiger partial charge is 0.410 e. The summed E-state index contributed by atoms with van der Waals surface area (Å²) < 4.78 is 73.1. The van der Waals surface area contributed by atoms with Gasteiger partial charge in [0, 0.05) is 36.5 Å². The number of rotatable bonds is 7. The molecule has 0 radical (unpaired) electrons. The second-order valence-corrected chi connectivity index (χ2v) is 14.8. The van der Waals surface area contributed by atoms with E-state index in [1.165, 1.54) is 12.1 Å². The number of carbonyl (C=O) groups is 3. The van der Waals surface area contributed by atoms with Crippen LogP contribution in [0.25, 0.3) is 0 Å². The van der Waals surface area contributed by atoms with Gasteiger partial charge in [0.05, 0.1) is 34.0 Å². The van der Waals surface area contributed by atoms with Gasteiger partial charge in [-0.05, 0) is 61.6 Å². The minimum Gasteiger partial charge on any atom is -0.453 e. The number of carbonyl (C=O) groups excluding carboxylic acids is 3. The Morgan fingerprint density at radius 1 is 1.11 bits per heavy atom. The number of fused-ring (bicyclic) bond motifs is 2. The van der Waals surface area contributed by atoms with Crippen molar-refractivity contribution in [3.05, 3.63) is 58.4 Å². The van der Waals surface area contributed by atoms with Gasteiger partial charge in [0.1, 0.15) is 6.04 Å². The van der Waals surface area contributed by atoms with Crippen molar-refractivity contribution in [2.45, 2.75) is 60.5 Å². The molecule has 1 saturated heterocycles. The third kappa shape index (κ3) is 6.05. The van der Waals surface area contributed by atoms with Gasteiger partial charge < -0.3 is 25.6 Å². The number of benzene rings is 2. The molecule has 4 N–H and O–H groups in total. The largest absolute Gasteiger partial charge is 0.453 e. The van der Waals surface area contributed by atoms with Crippen LogP contribution in [0.5, 0.6) is 0 Å². The minimum absolute atomic E-state index is 0.0214. The molecule has 5 rings (SSSR count). The third-order valence-electron chi connectivity index (χ3n) is 9.53.